The van der Waals surface area contributed by atoms with Gasteiger partial charge < -0.3 is 5.11 Å². The van der Waals surface area contributed by atoms with E-state index in [0.29, 0.717) is 11.4 Å². The topological polar surface area (TPSA) is 46.0 Å². The highest BCUT2D eigenvalue weighted by atomic mass is 16.3. The minimum Gasteiger partial charge on any atom is -0.381 e. The van der Waals surface area contributed by atoms with Gasteiger partial charge in [-0.1, -0.05) is 42.2 Å². The van der Waals surface area contributed by atoms with Crippen molar-refractivity contribution in [2.24, 2.45) is 0 Å². The van der Waals surface area contributed by atoms with E-state index in [1.54, 1.807) is 6.92 Å². The number of benzene rings is 2. The first-order valence-electron chi connectivity index (χ1n) is 7.26. The molecule has 0 saturated heterocycles. The molecule has 0 spiro atoms. The number of hydrogen-bond donors (Lipinski definition) is 1. The highest BCUT2D eigenvalue weighted by molar-refractivity contribution is 5.75. The lowest BCUT2D eigenvalue weighted by Gasteiger charge is -2.00. The Balaban J connectivity index is 2.12. The Kier molecular flexibility index (Phi) is 4.34. The van der Waals surface area contributed by atoms with Gasteiger partial charge in [-0.25, -0.2) is 9.97 Å². The van der Waals surface area contributed by atoms with Crippen molar-refractivity contribution in [2.45, 2.75) is 13.0 Å². The molecule has 1 aromatic heterocycles. The summed E-state index contributed by atoms with van der Waals surface area (Å²) < 4.78 is 0. The number of fused-ring (bicyclic) bond motifs is 1. The summed E-state index contributed by atoms with van der Waals surface area (Å²) in [7, 11) is 0. The molecule has 3 rings (SSSR count). The summed E-state index contributed by atoms with van der Waals surface area (Å²) in [6.07, 6.45) is -0.724. The maximum Gasteiger partial charge on any atom is 0.148 e. The van der Waals surface area contributed by atoms with Gasteiger partial charge in [-0.3, -0.25) is 0 Å². The third-order valence-corrected chi connectivity index (χ3v) is 3.07. The molecule has 3 aromatic rings. The van der Waals surface area contributed by atoms with Crippen molar-refractivity contribution in [1.29, 1.82) is 0 Å². The quantitative estimate of drug-likeness (QED) is 0.649. The first-order valence-corrected chi connectivity index (χ1v) is 7.26. The van der Waals surface area contributed by atoms with Crippen LogP contribution >= 0.6 is 0 Å². The molecule has 0 radical (unpaired) electrons. The molecule has 1 heterocycles. The lowest BCUT2D eigenvalue weighted by atomic mass is 10.2. The van der Waals surface area contributed by atoms with Gasteiger partial charge in [0.25, 0.3) is 0 Å². The molecule has 0 fully saturated rings. The molecular formula is C20H14N2O. The Labute approximate surface area is 135 Å². The number of aliphatic hydroxyl groups excluding tert-OH is 1. The van der Waals surface area contributed by atoms with Gasteiger partial charge >= 0.3 is 0 Å². The molecule has 0 aliphatic rings. The minimum atomic E-state index is -0.724. The van der Waals surface area contributed by atoms with Gasteiger partial charge in [0.05, 0.1) is 11.0 Å². The molecule has 1 atom stereocenters. The van der Waals surface area contributed by atoms with Crippen molar-refractivity contribution in [3.8, 4) is 23.7 Å². The standard InChI is InChI=1S/C20H14N2O/c1-15(23)11-13-19-20(14-12-16-7-3-2-4-8-16)22-18-10-6-5-9-17(18)21-19/h2-10,15,23H,1H3. The number of rotatable bonds is 0. The fraction of sp³-hybridized carbons (Fsp3) is 0.100. The molecule has 0 saturated carbocycles. The molecule has 1 N–H and O–H groups in total. The van der Waals surface area contributed by atoms with Crippen LogP contribution in [0, 0.1) is 23.7 Å². The molecule has 0 aliphatic heterocycles. The molecular weight excluding hydrogens is 284 g/mol. The number of aromatic nitrogens is 2. The van der Waals surface area contributed by atoms with Crippen LogP contribution in [0.3, 0.4) is 0 Å². The lowest BCUT2D eigenvalue weighted by Crippen LogP contribution is -1.98. The Morgan fingerprint density at radius 3 is 1.96 bits per heavy atom. The summed E-state index contributed by atoms with van der Waals surface area (Å²) >= 11 is 0. The lowest BCUT2D eigenvalue weighted by molar-refractivity contribution is 0.253. The summed E-state index contributed by atoms with van der Waals surface area (Å²) in [6, 6.07) is 17.3. The zero-order chi connectivity index (χ0) is 16.1. The maximum absolute atomic E-state index is 9.37. The van der Waals surface area contributed by atoms with Crippen molar-refractivity contribution in [3.05, 3.63) is 71.5 Å². The summed E-state index contributed by atoms with van der Waals surface area (Å²) in [6.45, 7) is 1.61. The van der Waals surface area contributed by atoms with Crippen molar-refractivity contribution in [2.75, 3.05) is 0 Å². The monoisotopic (exact) mass is 298 g/mol. The SMILES string of the molecule is CC(O)C#Cc1nc2ccccc2nc1C#Cc1ccccc1. The largest absolute Gasteiger partial charge is 0.381 e. The molecule has 110 valence electrons. The van der Waals surface area contributed by atoms with Gasteiger partial charge in [-0.05, 0) is 43.0 Å². The second-order valence-electron chi connectivity index (χ2n) is 4.97. The van der Waals surface area contributed by atoms with E-state index < -0.39 is 6.10 Å². The van der Waals surface area contributed by atoms with E-state index >= 15 is 0 Å². The number of aliphatic hydroxyl groups is 1. The van der Waals surface area contributed by atoms with E-state index in [0.717, 1.165) is 16.6 Å². The predicted octanol–water partition coefficient (Wildman–Crippen LogP) is 2.76. The van der Waals surface area contributed by atoms with Crippen molar-refractivity contribution < 1.29 is 5.11 Å². The molecule has 0 amide bonds. The fourth-order valence-electron chi connectivity index (χ4n) is 2.00. The number of hydrogen-bond acceptors (Lipinski definition) is 3. The summed E-state index contributed by atoms with van der Waals surface area (Å²) in [4.78, 5) is 9.06. The molecule has 23 heavy (non-hydrogen) atoms. The van der Waals surface area contributed by atoms with E-state index in [4.69, 9.17) is 0 Å². The first-order chi connectivity index (χ1) is 11.2. The number of nitrogens with zero attached hydrogens (tertiary/aromatic N) is 2. The van der Waals surface area contributed by atoms with E-state index in [9.17, 15) is 5.11 Å². The van der Waals surface area contributed by atoms with E-state index in [1.807, 2.05) is 54.6 Å². The third kappa shape index (κ3) is 3.74. The van der Waals surface area contributed by atoms with Crippen LogP contribution < -0.4 is 0 Å². The van der Waals surface area contributed by atoms with Crippen molar-refractivity contribution in [1.82, 2.24) is 9.97 Å². The van der Waals surface area contributed by atoms with Crippen molar-refractivity contribution >= 4 is 11.0 Å². The van der Waals surface area contributed by atoms with E-state index in [-0.39, 0.29) is 0 Å². The van der Waals surface area contributed by atoms with Crippen molar-refractivity contribution in [3.63, 3.8) is 0 Å². The highest BCUT2D eigenvalue weighted by Crippen LogP contribution is 2.12. The van der Waals surface area contributed by atoms with Gasteiger partial charge in [0.2, 0.25) is 0 Å². The zero-order valence-corrected chi connectivity index (χ0v) is 12.6. The molecule has 2 aromatic carbocycles. The highest BCUT2D eigenvalue weighted by Gasteiger charge is 2.04. The molecule has 0 bridgehead atoms. The van der Waals surface area contributed by atoms with Crippen LogP contribution in [-0.4, -0.2) is 21.2 Å². The van der Waals surface area contributed by atoms with Crippen LogP contribution in [0.1, 0.15) is 23.9 Å². The fourth-order valence-corrected chi connectivity index (χ4v) is 2.00. The van der Waals surface area contributed by atoms with Gasteiger partial charge in [-0.2, -0.15) is 0 Å². The first kappa shape index (κ1) is 14.8. The molecule has 3 nitrogen and oxygen atoms in total. The predicted molar refractivity (Wildman–Crippen MR) is 90.5 cm³/mol. The average molecular weight is 298 g/mol. The third-order valence-electron chi connectivity index (χ3n) is 3.07. The van der Waals surface area contributed by atoms with Crippen LogP contribution in [0.4, 0.5) is 0 Å². The smallest absolute Gasteiger partial charge is 0.148 e. The Morgan fingerprint density at radius 2 is 1.35 bits per heavy atom. The molecule has 3 heteroatoms. The second-order valence-corrected chi connectivity index (χ2v) is 4.97. The Bertz CT molecular complexity index is 955. The minimum absolute atomic E-state index is 0.480. The summed E-state index contributed by atoms with van der Waals surface area (Å²) in [5.74, 6) is 11.7. The zero-order valence-electron chi connectivity index (χ0n) is 12.6. The van der Waals surface area contributed by atoms with Gasteiger partial charge in [0.1, 0.15) is 17.5 Å². The van der Waals surface area contributed by atoms with Crippen LogP contribution in [-0.2, 0) is 0 Å². The second kappa shape index (κ2) is 6.75. The summed E-state index contributed by atoms with van der Waals surface area (Å²) in [5.41, 5.74) is 3.42. The average Bonchev–Trinajstić information content (AvgIpc) is 2.58. The van der Waals surface area contributed by atoms with Gasteiger partial charge in [-0.15, -0.1) is 0 Å². The maximum atomic E-state index is 9.37. The van der Waals surface area contributed by atoms with Gasteiger partial charge in [0, 0.05) is 5.56 Å². The van der Waals surface area contributed by atoms with Crippen LogP contribution in [0.25, 0.3) is 11.0 Å². The number of para-hydroxylation sites is 2. The Morgan fingerprint density at radius 1 is 0.783 bits per heavy atom. The Hall–Kier alpha value is -3.14. The van der Waals surface area contributed by atoms with E-state index in [1.165, 1.54) is 0 Å². The normalized spacial score (nSPS) is 11.0. The van der Waals surface area contributed by atoms with Crippen LogP contribution in [0.15, 0.2) is 54.6 Å². The molecule has 0 aliphatic carbocycles. The van der Waals surface area contributed by atoms with Crippen LogP contribution in [0.2, 0.25) is 0 Å². The summed E-state index contributed by atoms with van der Waals surface area (Å²) in [5, 5.41) is 9.37. The van der Waals surface area contributed by atoms with Crippen LogP contribution in [0.5, 0.6) is 0 Å². The molecule has 1 unspecified atom stereocenters. The van der Waals surface area contributed by atoms with E-state index in [2.05, 4.69) is 33.6 Å². The van der Waals surface area contributed by atoms with Gasteiger partial charge in [0.15, 0.2) is 0 Å².